The van der Waals surface area contributed by atoms with Crippen molar-refractivity contribution in [2.45, 2.75) is 13.8 Å². The summed E-state index contributed by atoms with van der Waals surface area (Å²) in [6, 6.07) is 4.72. The molecule has 0 fully saturated rings. The van der Waals surface area contributed by atoms with Gasteiger partial charge in [0.2, 0.25) is 5.91 Å². The summed E-state index contributed by atoms with van der Waals surface area (Å²) >= 11 is 0. The highest BCUT2D eigenvalue weighted by Crippen LogP contribution is 1.96. The minimum Gasteiger partial charge on any atom is -0.274 e. The van der Waals surface area contributed by atoms with E-state index in [2.05, 4.69) is 0 Å². The van der Waals surface area contributed by atoms with Crippen LogP contribution in [0.5, 0.6) is 0 Å². The van der Waals surface area contributed by atoms with E-state index in [-0.39, 0.29) is 11.5 Å². The molecule has 0 saturated heterocycles. The summed E-state index contributed by atoms with van der Waals surface area (Å²) < 4.78 is 0.985. The van der Waals surface area contributed by atoms with Crippen molar-refractivity contribution >= 4 is 5.91 Å². The zero-order valence-corrected chi connectivity index (χ0v) is 7.37. The van der Waals surface area contributed by atoms with Crippen LogP contribution in [-0.4, -0.2) is 10.5 Å². The van der Waals surface area contributed by atoms with Crippen molar-refractivity contribution in [1.82, 2.24) is 4.57 Å². The summed E-state index contributed by atoms with van der Waals surface area (Å²) in [6.07, 6.45) is 0. The summed E-state index contributed by atoms with van der Waals surface area (Å²) in [6.45, 7) is 2.93. The number of aromatic nitrogens is 1. The quantitative estimate of drug-likeness (QED) is 0.584. The van der Waals surface area contributed by atoms with Crippen LogP contribution >= 0.6 is 0 Å². The van der Waals surface area contributed by atoms with Crippen LogP contribution in [0.4, 0.5) is 0 Å². The van der Waals surface area contributed by atoms with E-state index < -0.39 is 5.56 Å². The number of hydrogen-bond donors (Lipinski definition) is 0. The Hall–Kier alpha value is -1.89. The highest BCUT2D eigenvalue weighted by molar-refractivity contribution is 5.77. The monoisotopic (exact) mass is 176 g/mol. The second-order valence-electron chi connectivity index (χ2n) is 2.66. The average Bonchev–Trinajstić information content (AvgIpc) is 2.04. The second kappa shape index (κ2) is 3.23. The first-order valence-electron chi connectivity index (χ1n) is 3.71. The van der Waals surface area contributed by atoms with Gasteiger partial charge in [0, 0.05) is 12.6 Å². The molecule has 0 radical (unpaired) electrons. The molecule has 1 aromatic rings. The van der Waals surface area contributed by atoms with E-state index >= 15 is 0 Å². The molecule has 0 aliphatic rings. The van der Waals surface area contributed by atoms with Crippen LogP contribution in [0.2, 0.25) is 0 Å². The van der Waals surface area contributed by atoms with Crippen molar-refractivity contribution in [2.75, 3.05) is 0 Å². The van der Waals surface area contributed by atoms with Gasteiger partial charge < -0.3 is 0 Å². The molecule has 4 nitrogen and oxygen atoms in total. The number of carbonyl (C=O) groups is 1. The lowest BCUT2D eigenvalue weighted by Crippen LogP contribution is -2.28. The SMILES string of the molecule is CC(=O)n1c(C)ccc(C#N)c1=O. The van der Waals surface area contributed by atoms with E-state index in [0.29, 0.717) is 5.69 Å². The number of pyridine rings is 1. The zero-order valence-electron chi connectivity index (χ0n) is 7.37. The summed E-state index contributed by atoms with van der Waals surface area (Å²) in [5, 5.41) is 8.54. The van der Waals surface area contributed by atoms with Gasteiger partial charge in [0.1, 0.15) is 11.6 Å². The Morgan fingerprint density at radius 1 is 1.54 bits per heavy atom. The highest BCUT2D eigenvalue weighted by atomic mass is 16.2. The summed E-state index contributed by atoms with van der Waals surface area (Å²) in [7, 11) is 0. The van der Waals surface area contributed by atoms with Gasteiger partial charge in [-0.25, -0.2) is 0 Å². The molecule has 1 aromatic heterocycles. The fraction of sp³-hybridized carbons (Fsp3) is 0.222. The van der Waals surface area contributed by atoms with Crippen molar-refractivity contribution in [2.24, 2.45) is 0 Å². The predicted molar refractivity (Wildman–Crippen MR) is 46.5 cm³/mol. The normalized spacial score (nSPS) is 9.31. The van der Waals surface area contributed by atoms with Crippen LogP contribution in [0.25, 0.3) is 0 Å². The number of hydrogen-bond acceptors (Lipinski definition) is 3. The van der Waals surface area contributed by atoms with Crippen molar-refractivity contribution < 1.29 is 4.79 Å². The molecular weight excluding hydrogens is 168 g/mol. The molecule has 0 bridgehead atoms. The first-order valence-corrected chi connectivity index (χ1v) is 3.71. The third kappa shape index (κ3) is 1.49. The molecule has 13 heavy (non-hydrogen) atoms. The first kappa shape index (κ1) is 9.20. The minimum absolute atomic E-state index is 0.0131. The molecule has 4 heteroatoms. The van der Waals surface area contributed by atoms with E-state index in [0.717, 1.165) is 4.57 Å². The van der Waals surface area contributed by atoms with Crippen molar-refractivity contribution in [3.05, 3.63) is 33.7 Å². The van der Waals surface area contributed by atoms with Crippen LogP contribution in [-0.2, 0) is 0 Å². The van der Waals surface area contributed by atoms with Crippen LogP contribution in [0.15, 0.2) is 16.9 Å². The Kier molecular flexibility index (Phi) is 2.29. The molecule has 0 atom stereocenters. The number of rotatable bonds is 0. The fourth-order valence-electron chi connectivity index (χ4n) is 1.11. The molecule has 0 aliphatic carbocycles. The molecular formula is C9H8N2O2. The number of nitriles is 1. The average molecular weight is 176 g/mol. The molecule has 0 saturated carbocycles. The van der Waals surface area contributed by atoms with E-state index in [4.69, 9.17) is 5.26 Å². The van der Waals surface area contributed by atoms with E-state index in [1.165, 1.54) is 13.0 Å². The van der Waals surface area contributed by atoms with E-state index in [1.54, 1.807) is 19.1 Å². The van der Waals surface area contributed by atoms with Crippen LogP contribution in [0.3, 0.4) is 0 Å². The van der Waals surface area contributed by atoms with Crippen LogP contribution in [0.1, 0.15) is 23.0 Å². The summed E-state index contributed by atoms with van der Waals surface area (Å²) in [5.41, 5.74) is -0.0210. The summed E-state index contributed by atoms with van der Waals surface area (Å²) in [4.78, 5) is 22.4. The van der Waals surface area contributed by atoms with Crippen molar-refractivity contribution in [3.63, 3.8) is 0 Å². The summed E-state index contributed by atoms with van der Waals surface area (Å²) in [5.74, 6) is -0.375. The topological polar surface area (TPSA) is 62.9 Å². The third-order valence-electron chi connectivity index (χ3n) is 1.71. The lowest BCUT2D eigenvalue weighted by molar-refractivity contribution is 0.0930. The smallest absolute Gasteiger partial charge is 0.274 e. The Balaban J connectivity index is 3.60. The van der Waals surface area contributed by atoms with Gasteiger partial charge in [-0.3, -0.25) is 14.2 Å². The maximum absolute atomic E-state index is 11.4. The Labute approximate surface area is 75.0 Å². The maximum Gasteiger partial charge on any atom is 0.275 e. The molecule has 0 aromatic carbocycles. The molecule has 66 valence electrons. The number of carbonyl (C=O) groups excluding carboxylic acids is 1. The van der Waals surface area contributed by atoms with Gasteiger partial charge in [-0.15, -0.1) is 0 Å². The third-order valence-corrected chi connectivity index (χ3v) is 1.71. The van der Waals surface area contributed by atoms with Crippen LogP contribution in [0, 0.1) is 18.3 Å². The van der Waals surface area contributed by atoms with Gasteiger partial charge in [-0.1, -0.05) is 0 Å². The van der Waals surface area contributed by atoms with Crippen molar-refractivity contribution in [3.8, 4) is 6.07 Å². The van der Waals surface area contributed by atoms with Gasteiger partial charge in [0.05, 0.1) is 0 Å². The molecule has 0 unspecified atom stereocenters. The molecule has 0 N–H and O–H groups in total. The Bertz CT molecular complexity index is 452. The maximum atomic E-state index is 11.4. The second-order valence-corrected chi connectivity index (χ2v) is 2.66. The standard InChI is InChI=1S/C9H8N2O2/c1-6-3-4-8(5-10)9(13)11(6)7(2)12/h3-4H,1-2H3. The molecule has 0 spiro atoms. The Morgan fingerprint density at radius 3 is 2.62 bits per heavy atom. The van der Waals surface area contributed by atoms with Crippen LogP contribution < -0.4 is 5.56 Å². The lowest BCUT2D eigenvalue weighted by atomic mass is 10.2. The van der Waals surface area contributed by atoms with Gasteiger partial charge in [0.15, 0.2) is 0 Å². The molecule has 1 heterocycles. The first-order chi connectivity index (χ1) is 6.07. The van der Waals surface area contributed by atoms with Gasteiger partial charge in [0.25, 0.3) is 5.56 Å². The Morgan fingerprint density at radius 2 is 2.15 bits per heavy atom. The highest BCUT2D eigenvalue weighted by Gasteiger charge is 2.08. The van der Waals surface area contributed by atoms with E-state index in [9.17, 15) is 9.59 Å². The predicted octanol–water partition coefficient (Wildman–Crippen LogP) is 0.688. The molecule has 1 rings (SSSR count). The number of nitrogens with zero attached hydrogens (tertiary/aromatic N) is 2. The van der Waals surface area contributed by atoms with E-state index in [1.807, 2.05) is 0 Å². The van der Waals surface area contributed by atoms with Gasteiger partial charge >= 0.3 is 0 Å². The fourth-order valence-corrected chi connectivity index (χ4v) is 1.11. The minimum atomic E-state index is -0.546. The largest absolute Gasteiger partial charge is 0.275 e. The molecule has 0 amide bonds. The zero-order chi connectivity index (χ0) is 10.0. The van der Waals surface area contributed by atoms with Gasteiger partial charge in [-0.05, 0) is 19.1 Å². The molecule has 0 aliphatic heterocycles. The lowest BCUT2D eigenvalue weighted by Gasteiger charge is -2.04. The number of aryl methyl sites for hydroxylation is 1. The van der Waals surface area contributed by atoms with Gasteiger partial charge in [-0.2, -0.15) is 5.26 Å². The van der Waals surface area contributed by atoms with Crippen molar-refractivity contribution in [1.29, 1.82) is 5.26 Å².